The summed E-state index contributed by atoms with van der Waals surface area (Å²) in [7, 11) is 3.43. The summed E-state index contributed by atoms with van der Waals surface area (Å²) in [5, 5.41) is 7.74. The SMILES string of the molecule is COC[C@H](C)Oc1cc(CCc2cccc(Cl)c2)cc(C(=O)Nc2ccn(C)n2)c1. The van der Waals surface area contributed by atoms with E-state index in [1.165, 1.54) is 0 Å². The molecule has 1 atom stereocenters. The maximum absolute atomic E-state index is 12.8. The number of carbonyl (C=O) groups is 1. The summed E-state index contributed by atoms with van der Waals surface area (Å²) in [6, 6.07) is 15.1. The molecule has 2 aromatic carbocycles. The van der Waals surface area contributed by atoms with Crippen molar-refractivity contribution in [3.05, 3.63) is 76.4 Å². The van der Waals surface area contributed by atoms with Gasteiger partial charge in [-0.15, -0.1) is 0 Å². The van der Waals surface area contributed by atoms with E-state index in [0.29, 0.717) is 28.8 Å². The largest absolute Gasteiger partial charge is 0.488 e. The van der Waals surface area contributed by atoms with Crippen molar-refractivity contribution in [1.29, 1.82) is 0 Å². The van der Waals surface area contributed by atoms with Crippen molar-refractivity contribution in [1.82, 2.24) is 9.78 Å². The first-order valence-corrected chi connectivity index (χ1v) is 10.2. The highest BCUT2D eigenvalue weighted by Crippen LogP contribution is 2.22. The van der Waals surface area contributed by atoms with E-state index in [9.17, 15) is 4.79 Å². The molecule has 1 amide bonds. The molecule has 7 heteroatoms. The zero-order chi connectivity index (χ0) is 21.5. The van der Waals surface area contributed by atoms with Crippen molar-refractivity contribution >= 4 is 23.3 Å². The zero-order valence-corrected chi connectivity index (χ0v) is 18.1. The average Bonchev–Trinajstić information content (AvgIpc) is 3.11. The highest BCUT2D eigenvalue weighted by Gasteiger charge is 2.13. The Labute approximate surface area is 181 Å². The smallest absolute Gasteiger partial charge is 0.257 e. The molecule has 3 rings (SSSR count). The summed E-state index contributed by atoms with van der Waals surface area (Å²) in [4.78, 5) is 12.8. The number of aromatic nitrogens is 2. The minimum atomic E-state index is -0.234. The molecule has 3 aromatic rings. The van der Waals surface area contributed by atoms with Gasteiger partial charge in [-0.05, 0) is 61.2 Å². The second-order valence-electron chi connectivity index (χ2n) is 7.21. The van der Waals surface area contributed by atoms with Crippen molar-refractivity contribution in [2.75, 3.05) is 19.0 Å². The predicted octanol–water partition coefficient (Wildman–Crippen LogP) is 4.52. The van der Waals surface area contributed by atoms with Crippen molar-refractivity contribution in [3.8, 4) is 5.75 Å². The van der Waals surface area contributed by atoms with Crippen molar-refractivity contribution in [2.24, 2.45) is 7.05 Å². The molecule has 1 N–H and O–H groups in total. The molecule has 158 valence electrons. The second kappa shape index (κ2) is 10.3. The Morgan fingerprint density at radius 3 is 2.67 bits per heavy atom. The molecule has 0 bridgehead atoms. The molecule has 0 aliphatic carbocycles. The average molecular weight is 428 g/mol. The lowest BCUT2D eigenvalue weighted by Crippen LogP contribution is -2.19. The molecule has 0 radical (unpaired) electrons. The zero-order valence-electron chi connectivity index (χ0n) is 17.4. The van der Waals surface area contributed by atoms with Gasteiger partial charge in [0.15, 0.2) is 5.82 Å². The summed E-state index contributed by atoms with van der Waals surface area (Å²) in [6.45, 7) is 2.39. The van der Waals surface area contributed by atoms with Crippen LogP contribution in [0.4, 0.5) is 5.82 Å². The number of ether oxygens (including phenoxy) is 2. The van der Waals surface area contributed by atoms with E-state index in [4.69, 9.17) is 21.1 Å². The van der Waals surface area contributed by atoms with E-state index < -0.39 is 0 Å². The molecular weight excluding hydrogens is 402 g/mol. The van der Waals surface area contributed by atoms with Crippen LogP contribution in [0.5, 0.6) is 5.75 Å². The van der Waals surface area contributed by atoms with Crippen LogP contribution in [-0.2, 0) is 24.6 Å². The van der Waals surface area contributed by atoms with E-state index in [2.05, 4.69) is 10.4 Å². The van der Waals surface area contributed by atoms with Gasteiger partial charge in [0, 0.05) is 37.0 Å². The van der Waals surface area contributed by atoms with Gasteiger partial charge in [0.05, 0.1) is 6.61 Å². The third-order valence-electron chi connectivity index (χ3n) is 4.51. The number of anilines is 1. The van der Waals surface area contributed by atoms with Crippen LogP contribution in [-0.4, -0.2) is 35.5 Å². The maximum Gasteiger partial charge on any atom is 0.257 e. The number of hydrogen-bond acceptors (Lipinski definition) is 4. The normalized spacial score (nSPS) is 11.9. The third kappa shape index (κ3) is 6.34. The van der Waals surface area contributed by atoms with Crippen LogP contribution in [0.1, 0.15) is 28.4 Å². The standard InChI is InChI=1S/C23H26ClN3O3/c1-16(15-29-3)30-21-13-18(8-7-17-5-4-6-20(24)12-17)11-19(14-21)23(28)25-22-9-10-27(2)26-22/h4-6,9-14,16H,7-8,15H2,1-3H3,(H,25,26,28)/t16-/m0/s1. The second-order valence-corrected chi connectivity index (χ2v) is 7.64. The highest BCUT2D eigenvalue weighted by molar-refractivity contribution is 6.30. The van der Waals surface area contributed by atoms with Crippen molar-refractivity contribution in [2.45, 2.75) is 25.9 Å². The van der Waals surface area contributed by atoms with Crippen LogP contribution < -0.4 is 10.1 Å². The van der Waals surface area contributed by atoms with Gasteiger partial charge >= 0.3 is 0 Å². The molecule has 6 nitrogen and oxygen atoms in total. The first-order chi connectivity index (χ1) is 14.4. The van der Waals surface area contributed by atoms with Crippen molar-refractivity contribution in [3.63, 3.8) is 0 Å². The van der Waals surface area contributed by atoms with Crippen LogP contribution >= 0.6 is 11.6 Å². The lowest BCUT2D eigenvalue weighted by molar-refractivity contribution is 0.0916. The molecule has 0 saturated carbocycles. The fourth-order valence-electron chi connectivity index (χ4n) is 3.16. The molecule has 0 aliphatic heterocycles. The van der Waals surface area contributed by atoms with Gasteiger partial charge in [-0.2, -0.15) is 5.10 Å². The van der Waals surface area contributed by atoms with E-state index in [1.807, 2.05) is 43.3 Å². The number of benzene rings is 2. The quantitative estimate of drug-likeness (QED) is 0.545. The van der Waals surface area contributed by atoms with Gasteiger partial charge in [0.2, 0.25) is 0 Å². The van der Waals surface area contributed by atoms with Gasteiger partial charge in [0.1, 0.15) is 11.9 Å². The number of aryl methyl sites for hydroxylation is 3. The molecule has 30 heavy (non-hydrogen) atoms. The van der Waals surface area contributed by atoms with E-state index in [-0.39, 0.29) is 12.0 Å². The summed E-state index contributed by atoms with van der Waals surface area (Å²) < 4.78 is 12.8. The summed E-state index contributed by atoms with van der Waals surface area (Å²) >= 11 is 6.09. The number of hydrogen-bond donors (Lipinski definition) is 1. The third-order valence-corrected chi connectivity index (χ3v) is 4.75. The molecule has 1 heterocycles. The Morgan fingerprint density at radius 1 is 1.17 bits per heavy atom. The van der Waals surface area contributed by atoms with Crippen LogP contribution in [0.25, 0.3) is 0 Å². The topological polar surface area (TPSA) is 65.4 Å². The Morgan fingerprint density at radius 2 is 1.97 bits per heavy atom. The van der Waals surface area contributed by atoms with Crippen LogP contribution in [0.2, 0.25) is 5.02 Å². The van der Waals surface area contributed by atoms with Gasteiger partial charge < -0.3 is 14.8 Å². The van der Waals surface area contributed by atoms with Crippen LogP contribution in [0, 0.1) is 0 Å². The minimum absolute atomic E-state index is 0.134. The Hall–Kier alpha value is -2.83. The molecule has 0 unspecified atom stereocenters. The number of halogens is 1. The molecule has 1 aromatic heterocycles. The Bertz CT molecular complexity index is 1000. The van der Waals surface area contributed by atoms with Crippen LogP contribution in [0.15, 0.2) is 54.7 Å². The number of carbonyl (C=O) groups excluding carboxylic acids is 1. The predicted molar refractivity (Wildman–Crippen MR) is 118 cm³/mol. The van der Waals surface area contributed by atoms with E-state index in [0.717, 1.165) is 24.0 Å². The summed E-state index contributed by atoms with van der Waals surface area (Å²) in [6.07, 6.45) is 3.20. The number of rotatable bonds is 9. The lowest BCUT2D eigenvalue weighted by Gasteiger charge is -2.16. The number of nitrogens with one attached hydrogen (secondary N) is 1. The minimum Gasteiger partial charge on any atom is -0.488 e. The first-order valence-electron chi connectivity index (χ1n) is 9.78. The van der Waals surface area contributed by atoms with E-state index in [1.54, 1.807) is 37.2 Å². The fourth-order valence-corrected chi connectivity index (χ4v) is 3.37. The van der Waals surface area contributed by atoms with Crippen molar-refractivity contribution < 1.29 is 14.3 Å². The van der Waals surface area contributed by atoms with Crippen LogP contribution in [0.3, 0.4) is 0 Å². The molecule has 0 aliphatic rings. The maximum atomic E-state index is 12.8. The number of nitrogens with zero attached hydrogens (tertiary/aromatic N) is 2. The van der Waals surface area contributed by atoms with Gasteiger partial charge in [0.25, 0.3) is 5.91 Å². The Balaban J connectivity index is 1.80. The fraction of sp³-hybridized carbons (Fsp3) is 0.304. The molecular formula is C23H26ClN3O3. The number of amides is 1. The highest BCUT2D eigenvalue weighted by atomic mass is 35.5. The number of methoxy groups -OCH3 is 1. The first kappa shape index (κ1) is 21.9. The molecule has 0 fully saturated rings. The lowest BCUT2D eigenvalue weighted by atomic mass is 10.0. The molecule has 0 spiro atoms. The molecule has 0 saturated heterocycles. The van der Waals surface area contributed by atoms with Gasteiger partial charge in [-0.3, -0.25) is 9.48 Å². The van der Waals surface area contributed by atoms with Gasteiger partial charge in [-0.1, -0.05) is 23.7 Å². The summed E-state index contributed by atoms with van der Waals surface area (Å²) in [5.41, 5.74) is 2.66. The summed E-state index contributed by atoms with van der Waals surface area (Å²) in [5.74, 6) is 0.902. The van der Waals surface area contributed by atoms with Gasteiger partial charge in [-0.25, -0.2) is 0 Å². The van der Waals surface area contributed by atoms with E-state index >= 15 is 0 Å². The monoisotopic (exact) mass is 427 g/mol. The Kier molecular flexibility index (Phi) is 7.49.